The minimum Gasteiger partial charge on any atom is -0.496 e. The Morgan fingerprint density at radius 1 is 1.44 bits per heavy atom. The van der Waals surface area contributed by atoms with E-state index >= 15 is 0 Å². The average Bonchev–Trinajstić information content (AvgIpc) is 2.83. The van der Waals surface area contributed by atoms with Crippen LogP contribution in [0.1, 0.15) is 18.9 Å². The monoisotopic (exact) mass is 222 g/mol. The Morgan fingerprint density at radius 2 is 2.19 bits per heavy atom. The summed E-state index contributed by atoms with van der Waals surface area (Å²) in [5, 5.41) is 10.6. The maximum atomic E-state index is 10.6. The molecule has 16 heavy (non-hydrogen) atoms. The zero-order valence-corrected chi connectivity index (χ0v) is 9.77. The normalized spacial score (nSPS) is 24.1. The first-order chi connectivity index (χ1) is 7.66. The second kappa shape index (κ2) is 4.44. The molecule has 0 aliphatic carbocycles. The van der Waals surface area contributed by atoms with Crippen molar-refractivity contribution in [3.05, 3.63) is 29.8 Å². The first-order valence-electron chi connectivity index (χ1n) is 5.60. The van der Waals surface area contributed by atoms with Gasteiger partial charge in [-0.05, 0) is 19.4 Å². The van der Waals surface area contributed by atoms with Crippen molar-refractivity contribution in [1.29, 1.82) is 0 Å². The van der Waals surface area contributed by atoms with Gasteiger partial charge >= 0.3 is 0 Å². The Bertz CT molecular complexity index is 354. The number of hydrogen-bond donors (Lipinski definition) is 1. The molecule has 0 radical (unpaired) electrons. The van der Waals surface area contributed by atoms with Crippen LogP contribution in [0.4, 0.5) is 0 Å². The maximum Gasteiger partial charge on any atom is 0.124 e. The van der Waals surface area contributed by atoms with E-state index < -0.39 is 5.60 Å². The van der Waals surface area contributed by atoms with E-state index in [2.05, 4.69) is 0 Å². The third-order valence-corrected chi connectivity index (χ3v) is 3.38. The number of rotatable bonds is 3. The molecule has 1 aliphatic rings. The molecule has 1 aromatic carbocycles. The van der Waals surface area contributed by atoms with Gasteiger partial charge in [-0.25, -0.2) is 0 Å². The second-order valence-corrected chi connectivity index (χ2v) is 4.41. The fourth-order valence-corrected chi connectivity index (χ4v) is 2.26. The van der Waals surface area contributed by atoms with Crippen LogP contribution in [-0.2, 0) is 10.3 Å². The highest BCUT2D eigenvalue weighted by Crippen LogP contribution is 2.38. The first-order valence-corrected chi connectivity index (χ1v) is 5.60. The molecule has 1 aromatic rings. The minimum atomic E-state index is -0.886. The number of aliphatic hydroxyl groups is 1. The van der Waals surface area contributed by atoms with Crippen LogP contribution in [0.25, 0.3) is 0 Å². The lowest BCUT2D eigenvalue weighted by molar-refractivity contribution is -0.0115. The predicted octanol–water partition coefficient (Wildman–Crippen LogP) is 1.94. The number of ether oxygens (including phenoxy) is 2. The van der Waals surface area contributed by atoms with Gasteiger partial charge in [-0.2, -0.15) is 0 Å². The summed E-state index contributed by atoms with van der Waals surface area (Å²) in [6, 6.07) is 7.61. The Morgan fingerprint density at radius 3 is 2.81 bits per heavy atom. The van der Waals surface area contributed by atoms with Crippen molar-refractivity contribution in [2.45, 2.75) is 18.9 Å². The fraction of sp³-hybridized carbons (Fsp3) is 0.538. The highest BCUT2D eigenvalue weighted by atomic mass is 16.5. The van der Waals surface area contributed by atoms with Crippen LogP contribution in [0.3, 0.4) is 0 Å². The highest BCUT2D eigenvalue weighted by Gasteiger charge is 2.38. The molecule has 3 heteroatoms. The first kappa shape index (κ1) is 11.4. The van der Waals surface area contributed by atoms with Gasteiger partial charge in [0.05, 0.1) is 19.3 Å². The molecule has 1 saturated heterocycles. The van der Waals surface area contributed by atoms with Crippen LogP contribution in [0.2, 0.25) is 0 Å². The molecule has 0 amide bonds. The zero-order valence-electron chi connectivity index (χ0n) is 9.77. The number of para-hydroxylation sites is 1. The lowest BCUT2D eigenvalue weighted by Gasteiger charge is -2.30. The quantitative estimate of drug-likeness (QED) is 0.849. The molecule has 0 saturated carbocycles. The minimum absolute atomic E-state index is 0.142. The Balaban J connectivity index is 2.33. The molecule has 2 rings (SSSR count). The van der Waals surface area contributed by atoms with Gasteiger partial charge in [-0.3, -0.25) is 0 Å². The second-order valence-electron chi connectivity index (χ2n) is 4.41. The summed E-state index contributed by atoms with van der Waals surface area (Å²) in [4.78, 5) is 0. The average molecular weight is 222 g/mol. The number of benzene rings is 1. The van der Waals surface area contributed by atoms with E-state index in [1.54, 1.807) is 7.11 Å². The molecule has 3 nitrogen and oxygen atoms in total. The Hall–Kier alpha value is -1.06. The molecule has 1 heterocycles. The summed E-state index contributed by atoms with van der Waals surface area (Å²) in [6.45, 7) is 3.19. The fourth-order valence-electron chi connectivity index (χ4n) is 2.26. The molecule has 0 aromatic heterocycles. The van der Waals surface area contributed by atoms with Gasteiger partial charge in [0.1, 0.15) is 5.75 Å². The summed E-state index contributed by atoms with van der Waals surface area (Å²) in [6.07, 6.45) is 0.894. The van der Waals surface area contributed by atoms with Crippen molar-refractivity contribution in [2.75, 3.05) is 20.3 Å². The molecule has 0 spiro atoms. The van der Waals surface area contributed by atoms with Crippen molar-refractivity contribution in [3.8, 4) is 5.75 Å². The van der Waals surface area contributed by atoms with Gasteiger partial charge in [-0.15, -0.1) is 0 Å². The van der Waals surface area contributed by atoms with Gasteiger partial charge in [0.15, 0.2) is 0 Å². The molecular formula is C13H18O3. The lowest BCUT2D eigenvalue weighted by Crippen LogP contribution is -2.32. The van der Waals surface area contributed by atoms with Crippen LogP contribution in [0.5, 0.6) is 5.75 Å². The predicted molar refractivity (Wildman–Crippen MR) is 61.5 cm³/mol. The van der Waals surface area contributed by atoms with Gasteiger partial charge in [0.2, 0.25) is 0 Å². The van der Waals surface area contributed by atoms with Crippen LogP contribution >= 0.6 is 0 Å². The Kier molecular flexibility index (Phi) is 3.17. The third kappa shape index (κ3) is 1.93. The molecule has 2 unspecified atom stereocenters. The zero-order chi connectivity index (χ0) is 11.6. The molecule has 88 valence electrons. The van der Waals surface area contributed by atoms with Gasteiger partial charge in [-0.1, -0.05) is 18.2 Å². The number of methoxy groups -OCH3 is 1. The van der Waals surface area contributed by atoms with Crippen molar-refractivity contribution in [3.63, 3.8) is 0 Å². The van der Waals surface area contributed by atoms with E-state index in [0.717, 1.165) is 24.3 Å². The van der Waals surface area contributed by atoms with Crippen molar-refractivity contribution in [2.24, 2.45) is 5.92 Å². The summed E-state index contributed by atoms with van der Waals surface area (Å²) < 4.78 is 10.6. The molecule has 0 bridgehead atoms. The molecule has 1 N–H and O–H groups in total. The van der Waals surface area contributed by atoms with Gasteiger partial charge in [0, 0.05) is 18.1 Å². The van der Waals surface area contributed by atoms with Crippen LogP contribution < -0.4 is 4.74 Å². The smallest absolute Gasteiger partial charge is 0.124 e. The summed E-state index contributed by atoms with van der Waals surface area (Å²) in [5.41, 5.74) is -0.0451. The van der Waals surface area contributed by atoms with Crippen LogP contribution in [-0.4, -0.2) is 25.4 Å². The maximum absolute atomic E-state index is 10.6. The van der Waals surface area contributed by atoms with Crippen LogP contribution in [0, 0.1) is 5.92 Å². The largest absolute Gasteiger partial charge is 0.496 e. The van der Waals surface area contributed by atoms with E-state index in [9.17, 15) is 5.11 Å². The third-order valence-electron chi connectivity index (χ3n) is 3.38. The lowest BCUT2D eigenvalue weighted by atomic mass is 9.82. The van der Waals surface area contributed by atoms with Crippen molar-refractivity contribution in [1.82, 2.24) is 0 Å². The van der Waals surface area contributed by atoms with Crippen LogP contribution in [0.15, 0.2) is 24.3 Å². The standard InChI is InChI=1S/C13H18O3/c1-13(14,10-7-8-16-9-10)11-5-3-4-6-12(11)15-2/h3-6,10,14H,7-9H2,1-2H3. The van der Waals surface area contributed by atoms with Gasteiger partial charge in [0.25, 0.3) is 0 Å². The Labute approximate surface area is 96.0 Å². The van der Waals surface area contributed by atoms with Gasteiger partial charge < -0.3 is 14.6 Å². The van der Waals surface area contributed by atoms with E-state index in [1.807, 2.05) is 31.2 Å². The molecule has 2 atom stereocenters. The van der Waals surface area contributed by atoms with Crippen molar-refractivity contribution >= 4 is 0 Å². The summed E-state index contributed by atoms with van der Waals surface area (Å²) >= 11 is 0. The molecule has 1 fully saturated rings. The summed E-state index contributed by atoms with van der Waals surface area (Å²) in [5.74, 6) is 0.878. The van der Waals surface area contributed by atoms with E-state index in [4.69, 9.17) is 9.47 Å². The highest BCUT2D eigenvalue weighted by molar-refractivity contribution is 5.38. The number of hydrogen-bond acceptors (Lipinski definition) is 3. The van der Waals surface area contributed by atoms with E-state index in [0.29, 0.717) is 6.61 Å². The topological polar surface area (TPSA) is 38.7 Å². The molecule has 1 aliphatic heterocycles. The summed E-state index contributed by atoms with van der Waals surface area (Å²) in [7, 11) is 1.63. The van der Waals surface area contributed by atoms with Crippen molar-refractivity contribution < 1.29 is 14.6 Å². The van der Waals surface area contributed by atoms with E-state index in [1.165, 1.54) is 0 Å². The van der Waals surface area contributed by atoms with E-state index in [-0.39, 0.29) is 5.92 Å². The molecular weight excluding hydrogens is 204 g/mol. The SMILES string of the molecule is COc1ccccc1C(C)(O)C1CCOC1.